The molecular weight excluding hydrogens is 272 g/mol. The highest BCUT2D eigenvalue weighted by Crippen LogP contribution is 2.29. The molecule has 1 aliphatic carbocycles. The predicted molar refractivity (Wildman–Crippen MR) is 85.2 cm³/mol. The normalized spacial score (nSPS) is 17.1. The number of nitrogens with zero attached hydrogens (tertiary/aromatic N) is 1. The van der Waals surface area contributed by atoms with Crippen LogP contribution >= 0.6 is 23.1 Å². The van der Waals surface area contributed by atoms with Crippen LogP contribution in [0.25, 0.3) is 10.2 Å². The Labute approximate surface area is 123 Å². The van der Waals surface area contributed by atoms with Crippen LogP contribution in [0.15, 0.2) is 28.6 Å². The molecule has 1 aromatic heterocycles. The number of fused-ring (bicyclic) bond motifs is 1. The molecule has 0 unspecified atom stereocenters. The standard InChI is InChI=1S/C15H20N2S2/c1-2-6-12(7-3-1)16-10-11-18-15-17-13-8-4-5-9-14(13)19-15/h4-5,8-9,12,16H,1-3,6-7,10-11H2. The van der Waals surface area contributed by atoms with Crippen LogP contribution in [0.4, 0.5) is 0 Å². The minimum Gasteiger partial charge on any atom is -0.313 e. The molecule has 1 aliphatic rings. The summed E-state index contributed by atoms with van der Waals surface area (Å²) in [7, 11) is 0. The van der Waals surface area contributed by atoms with Crippen LogP contribution in [0.5, 0.6) is 0 Å². The second-order valence-corrected chi connectivity index (χ2v) is 7.46. The zero-order valence-corrected chi connectivity index (χ0v) is 12.7. The van der Waals surface area contributed by atoms with E-state index >= 15 is 0 Å². The molecular formula is C15H20N2S2. The van der Waals surface area contributed by atoms with Gasteiger partial charge in [-0.15, -0.1) is 11.3 Å². The molecule has 102 valence electrons. The van der Waals surface area contributed by atoms with Gasteiger partial charge in [0.1, 0.15) is 0 Å². The maximum Gasteiger partial charge on any atom is 0.151 e. The van der Waals surface area contributed by atoms with Gasteiger partial charge in [0, 0.05) is 18.3 Å². The molecule has 2 nitrogen and oxygen atoms in total. The molecule has 19 heavy (non-hydrogen) atoms. The Bertz CT molecular complexity index is 485. The summed E-state index contributed by atoms with van der Waals surface area (Å²) in [6.45, 7) is 1.10. The van der Waals surface area contributed by atoms with Crippen molar-refractivity contribution in [2.45, 2.75) is 42.5 Å². The quantitative estimate of drug-likeness (QED) is 0.656. The molecule has 0 bridgehead atoms. The molecule has 0 aliphatic heterocycles. The predicted octanol–water partition coefficient (Wildman–Crippen LogP) is 4.31. The summed E-state index contributed by atoms with van der Waals surface area (Å²) in [5.74, 6) is 1.12. The highest BCUT2D eigenvalue weighted by molar-refractivity contribution is 8.01. The second kappa shape index (κ2) is 6.73. The van der Waals surface area contributed by atoms with Gasteiger partial charge in [0.05, 0.1) is 10.2 Å². The fourth-order valence-electron chi connectivity index (χ4n) is 2.62. The summed E-state index contributed by atoms with van der Waals surface area (Å²) in [4.78, 5) is 4.65. The third-order valence-corrected chi connectivity index (χ3v) is 5.82. The first-order chi connectivity index (χ1) is 9.42. The number of hydrogen-bond donors (Lipinski definition) is 1. The first-order valence-electron chi connectivity index (χ1n) is 7.13. The van der Waals surface area contributed by atoms with E-state index in [9.17, 15) is 0 Å². The SMILES string of the molecule is c1ccc2sc(SCCNC3CCCCC3)nc2c1. The maximum absolute atomic E-state index is 4.65. The number of aromatic nitrogens is 1. The van der Waals surface area contributed by atoms with Gasteiger partial charge in [0.15, 0.2) is 4.34 Å². The van der Waals surface area contributed by atoms with E-state index in [4.69, 9.17) is 0 Å². The van der Waals surface area contributed by atoms with Crippen LogP contribution < -0.4 is 5.32 Å². The number of nitrogens with one attached hydrogen (secondary N) is 1. The van der Waals surface area contributed by atoms with Gasteiger partial charge >= 0.3 is 0 Å². The van der Waals surface area contributed by atoms with E-state index in [0.717, 1.165) is 23.9 Å². The van der Waals surface area contributed by atoms with Crippen molar-refractivity contribution in [3.63, 3.8) is 0 Å². The highest BCUT2D eigenvalue weighted by atomic mass is 32.2. The fourth-order valence-corrected chi connectivity index (χ4v) is 4.63. The van der Waals surface area contributed by atoms with Crippen molar-refractivity contribution >= 4 is 33.3 Å². The molecule has 1 saturated carbocycles. The van der Waals surface area contributed by atoms with Crippen molar-refractivity contribution in [1.82, 2.24) is 10.3 Å². The Balaban J connectivity index is 1.44. The van der Waals surface area contributed by atoms with Crippen molar-refractivity contribution in [3.05, 3.63) is 24.3 Å². The van der Waals surface area contributed by atoms with Crippen LogP contribution in [0.2, 0.25) is 0 Å². The zero-order chi connectivity index (χ0) is 12.9. The third kappa shape index (κ3) is 3.71. The van der Waals surface area contributed by atoms with Crippen molar-refractivity contribution in [3.8, 4) is 0 Å². The van der Waals surface area contributed by atoms with E-state index in [2.05, 4.69) is 34.6 Å². The maximum atomic E-state index is 4.65. The lowest BCUT2D eigenvalue weighted by atomic mass is 9.96. The van der Waals surface area contributed by atoms with Crippen molar-refractivity contribution in [2.75, 3.05) is 12.3 Å². The monoisotopic (exact) mass is 292 g/mol. The summed E-state index contributed by atoms with van der Waals surface area (Å²) in [5, 5.41) is 3.68. The van der Waals surface area contributed by atoms with Crippen LogP contribution in [-0.4, -0.2) is 23.3 Å². The van der Waals surface area contributed by atoms with Gasteiger partial charge in [-0.3, -0.25) is 0 Å². The molecule has 0 spiro atoms. The van der Waals surface area contributed by atoms with E-state index in [0.29, 0.717) is 0 Å². The van der Waals surface area contributed by atoms with Gasteiger partial charge in [-0.1, -0.05) is 43.2 Å². The van der Waals surface area contributed by atoms with Gasteiger partial charge < -0.3 is 5.32 Å². The van der Waals surface area contributed by atoms with Crippen LogP contribution in [0.1, 0.15) is 32.1 Å². The zero-order valence-electron chi connectivity index (χ0n) is 11.1. The van der Waals surface area contributed by atoms with E-state index in [-0.39, 0.29) is 0 Å². The van der Waals surface area contributed by atoms with Gasteiger partial charge in [0.25, 0.3) is 0 Å². The first kappa shape index (κ1) is 13.4. The minimum atomic E-state index is 0.768. The molecule has 1 fully saturated rings. The number of thioether (sulfide) groups is 1. The first-order valence-corrected chi connectivity index (χ1v) is 8.94. The largest absolute Gasteiger partial charge is 0.313 e. The third-order valence-electron chi connectivity index (χ3n) is 3.64. The van der Waals surface area contributed by atoms with E-state index in [1.165, 1.54) is 41.1 Å². The number of thiazole rings is 1. The average molecular weight is 292 g/mol. The Kier molecular flexibility index (Phi) is 4.75. The lowest BCUT2D eigenvalue weighted by Gasteiger charge is -2.22. The van der Waals surface area contributed by atoms with E-state index in [1.54, 1.807) is 0 Å². The van der Waals surface area contributed by atoms with Crippen molar-refractivity contribution in [1.29, 1.82) is 0 Å². The van der Waals surface area contributed by atoms with Gasteiger partial charge in [-0.05, 0) is 25.0 Å². The van der Waals surface area contributed by atoms with Crippen LogP contribution in [-0.2, 0) is 0 Å². The Morgan fingerprint density at radius 2 is 2.05 bits per heavy atom. The molecule has 0 radical (unpaired) electrons. The van der Waals surface area contributed by atoms with E-state index in [1.807, 2.05) is 23.1 Å². The molecule has 4 heteroatoms. The van der Waals surface area contributed by atoms with Gasteiger partial charge in [-0.2, -0.15) is 0 Å². The Hall–Kier alpha value is -0.580. The Morgan fingerprint density at radius 1 is 1.21 bits per heavy atom. The molecule has 1 heterocycles. The molecule has 1 N–H and O–H groups in total. The van der Waals surface area contributed by atoms with Gasteiger partial charge in [-0.25, -0.2) is 4.98 Å². The van der Waals surface area contributed by atoms with Gasteiger partial charge in [0.2, 0.25) is 0 Å². The van der Waals surface area contributed by atoms with Crippen molar-refractivity contribution < 1.29 is 0 Å². The summed E-state index contributed by atoms with van der Waals surface area (Å²) in [6, 6.07) is 9.15. The lowest BCUT2D eigenvalue weighted by molar-refractivity contribution is 0.381. The summed E-state index contributed by atoms with van der Waals surface area (Å²) < 4.78 is 2.50. The topological polar surface area (TPSA) is 24.9 Å². The van der Waals surface area contributed by atoms with Crippen LogP contribution in [0.3, 0.4) is 0 Å². The molecule has 3 rings (SSSR count). The average Bonchev–Trinajstić information content (AvgIpc) is 2.87. The fraction of sp³-hybridized carbons (Fsp3) is 0.533. The lowest BCUT2D eigenvalue weighted by Crippen LogP contribution is -2.32. The van der Waals surface area contributed by atoms with Crippen LogP contribution in [0, 0.1) is 0 Å². The summed E-state index contributed by atoms with van der Waals surface area (Å²) >= 11 is 3.69. The molecule has 1 aromatic carbocycles. The molecule has 2 aromatic rings. The van der Waals surface area contributed by atoms with E-state index < -0.39 is 0 Å². The number of rotatable bonds is 5. The Morgan fingerprint density at radius 3 is 2.89 bits per heavy atom. The number of hydrogen-bond acceptors (Lipinski definition) is 4. The molecule has 0 amide bonds. The smallest absolute Gasteiger partial charge is 0.151 e. The molecule has 0 atom stereocenters. The highest BCUT2D eigenvalue weighted by Gasteiger charge is 2.12. The van der Waals surface area contributed by atoms with Crippen molar-refractivity contribution in [2.24, 2.45) is 0 Å². The summed E-state index contributed by atoms with van der Waals surface area (Å²) in [5.41, 5.74) is 1.13. The molecule has 0 saturated heterocycles. The number of benzene rings is 1. The number of para-hydroxylation sites is 1. The second-order valence-electron chi connectivity index (χ2n) is 5.09. The summed E-state index contributed by atoms with van der Waals surface area (Å²) in [6.07, 6.45) is 6.97. The minimum absolute atomic E-state index is 0.768.